The van der Waals surface area contributed by atoms with Crippen molar-refractivity contribution in [1.82, 2.24) is 0 Å². The summed E-state index contributed by atoms with van der Waals surface area (Å²) in [6.07, 6.45) is 0.900. The first-order valence-corrected chi connectivity index (χ1v) is 6.45. The van der Waals surface area contributed by atoms with Gasteiger partial charge in [-0.05, 0) is 37.0 Å². The normalized spacial score (nSPS) is 34.1. The van der Waals surface area contributed by atoms with E-state index < -0.39 is 11.9 Å². The average molecular weight is 240 g/mol. The van der Waals surface area contributed by atoms with Gasteiger partial charge >= 0.3 is 0 Å². The van der Waals surface area contributed by atoms with E-state index in [0.29, 0.717) is 5.92 Å². The van der Waals surface area contributed by atoms with Gasteiger partial charge in [0, 0.05) is 5.92 Å². The molecular formula is C14H24O3. The van der Waals surface area contributed by atoms with E-state index >= 15 is 0 Å². The molecule has 1 aliphatic carbocycles. The lowest BCUT2D eigenvalue weighted by Gasteiger charge is -2.46. The molecule has 0 aromatic rings. The van der Waals surface area contributed by atoms with Gasteiger partial charge in [0.05, 0.1) is 0 Å². The molecule has 0 radical (unpaired) electrons. The summed E-state index contributed by atoms with van der Waals surface area (Å²) >= 11 is 0. The van der Waals surface area contributed by atoms with Gasteiger partial charge in [-0.2, -0.15) is 0 Å². The van der Waals surface area contributed by atoms with E-state index in [2.05, 4.69) is 20.8 Å². The van der Waals surface area contributed by atoms with Gasteiger partial charge in [-0.25, -0.2) is 0 Å². The maximum absolute atomic E-state index is 12.2. The number of hydrogen-bond acceptors (Lipinski definition) is 3. The monoisotopic (exact) mass is 240 g/mol. The molecule has 0 bridgehead atoms. The van der Waals surface area contributed by atoms with Crippen LogP contribution in [-0.2, 0) is 9.59 Å². The Bertz CT molecular complexity index is 317. The summed E-state index contributed by atoms with van der Waals surface area (Å²) in [7, 11) is 0. The van der Waals surface area contributed by atoms with Crippen molar-refractivity contribution in [2.24, 2.45) is 23.2 Å². The number of aliphatic hydroxyl groups is 1. The van der Waals surface area contributed by atoms with Gasteiger partial charge < -0.3 is 5.11 Å². The van der Waals surface area contributed by atoms with Crippen LogP contribution < -0.4 is 0 Å². The molecule has 0 aromatic heterocycles. The van der Waals surface area contributed by atoms with Crippen molar-refractivity contribution in [1.29, 1.82) is 0 Å². The van der Waals surface area contributed by atoms with Crippen molar-refractivity contribution < 1.29 is 14.7 Å². The highest BCUT2D eigenvalue weighted by Gasteiger charge is 2.47. The minimum absolute atomic E-state index is 0.167. The highest BCUT2D eigenvalue weighted by molar-refractivity contribution is 6.39. The summed E-state index contributed by atoms with van der Waals surface area (Å²) in [6, 6.07) is 0. The first-order valence-electron chi connectivity index (χ1n) is 6.45. The van der Waals surface area contributed by atoms with Gasteiger partial charge in [-0.1, -0.05) is 27.7 Å². The number of hydrogen-bond donors (Lipinski definition) is 1. The second-order valence-corrected chi connectivity index (χ2v) is 6.16. The predicted octanol–water partition coefficient (Wildman–Crippen LogP) is 2.21. The molecule has 0 aromatic carbocycles. The molecule has 1 fully saturated rings. The molecule has 0 aliphatic heterocycles. The van der Waals surface area contributed by atoms with Crippen molar-refractivity contribution in [3.05, 3.63) is 0 Å². The van der Waals surface area contributed by atoms with Crippen LogP contribution in [0.3, 0.4) is 0 Å². The number of ketones is 2. The van der Waals surface area contributed by atoms with Crippen LogP contribution in [0.15, 0.2) is 0 Å². The summed E-state index contributed by atoms with van der Waals surface area (Å²) in [4.78, 5) is 23.9. The number of carbonyl (C=O) groups excluding carboxylic acids is 2. The van der Waals surface area contributed by atoms with Crippen LogP contribution in [0.1, 0.15) is 47.5 Å². The zero-order valence-electron chi connectivity index (χ0n) is 11.5. The molecule has 0 heterocycles. The Kier molecular flexibility index (Phi) is 4.13. The fourth-order valence-corrected chi connectivity index (χ4v) is 3.05. The molecule has 3 heteroatoms. The molecule has 17 heavy (non-hydrogen) atoms. The van der Waals surface area contributed by atoms with E-state index in [0.717, 1.165) is 12.8 Å². The molecule has 0 spiro atoms. The van der Waals surface area contributed by atoms with Crippen molar-refractivity contribution >= 4 is 11.6 Å². The fraction of sp³-hybridized carbons (Fsp3) is 0.857. The first-order chi connectivity index (χ1) is 7.69. The number of Topliss-reactive ketones (excluding diaryl/α,β-unsaturated/α-hetero) is 2. The van der Waals surface area contributed by atoms with Crippen molar-refractivity contribution in [2.75, 3.05) is 0 Å². The predicted molar refractivity (Wildman–Crippen MR) is 66.5 cm³/mol. The molecule has 1 rings (SSSR count). The van der Waals surface area contributed by atoms with Crippen LogP contribution in [0.4, 0.5) is 0 Å². The molecule has 1 aliphatic rings. The second kappa shape index (κ2) is 4.89. The molecule has 3 nitrogen and oxygen atoms in total. The highest BCUT2D eigenvalue weighted by Crippen LogP contribution is 2.48. The Balaban J connectivity index is 3.00. The molecule has 4 atom stereocenters. The van der Waals surface area contributed by atoms with E-state index in [1.54, 1.807) is 0 Å². The maximum atomic E-state index is 12.2. The third-order valence-electron chi connectivity index (χ3n) is 4.60. The second-order valence-electron chi connectivity index (χ2n) is 6.16. The SMILES string of the molecule is CC(O)C(=O)C(=O)C1C(C)CCC(C)C1(C)C. The van der Waals surface area contributed by atoms with Crippen LogP contribution in [0.2, 0.25) is 0 Å². The van der Waals surface area contributed by atoms with Crippen molar-refractivity contribution in [3.63, 3.8) is 0 Å². The molecule has 1 saturated carbocycles. The van der Waals surface area contributed by atoms with Gasteiger partial charge in [-0.15, -0.1) is 0 Å². The standard InChI is InChI=1S/C14H24O3/c1-8-6-7-9(2)14(4,5)11(8)13(17)12(16)10(3)15/h8-11,15H,6-7H2,1-5H3. The number of carbonyl (C=O) groups is 2. The zero-order chi connectivity index (χ0) is 13.4. The maximum Gasteiger partial charge on any atom is 0.226 e. The third kappa shape index (κ3) is 2.59. The zero-order valence-corrected chi connectivity index (χ0v) is 11.5. The van der Waals surface area contributed by atoms with E-state index in [1.807, 2.05) is 6.92 Å². The van der Waals surface area contributed by atoms with Crippen molar-refractivity contribution in [2.45, 2.75) is 53.6 Å². The smallest absolute Gasteiger partial charge is 0.226 e. The molecule has 98 valence electrons. The molecule has 0 amide bonds. The van der Waals surface area contributed by atoms with E-state index in [1.165, 1.54) is 6.92 Å². The Morgan fingerprint density at radius 3 is 2.24 bits per heavy atom. The van der Waals surface area contributed by atoms with Crippen LogP contribution in [0.25, 0.3) is 0 Å². The Labute approximate surface area is 104 Å². The summed E-state index contributed by atoms with van der Waals surface area (Å²) in [6.45, 7) is 9.66. The topological polar surface area (TPSA) is 54.4 Å². The molecule has 1 N–H and O–H groups in total. The molecule has 4 unspecified atom stereocenters. The fourth-order valence-electron chi connectivity index (χ4n) is 3.05. The minimum atomic E-state index is -1.18. The Morgan fingerprint density at radius 2 is 1.76 bits per heavy atom. The average Bonchev–Trinajstić information content (AvgIpc) is 2.22. The molecular weight excluding hydrogens is 216 g/mol. The summed E-state index contributed by atoms with van der Waals surface area (Å²) < 4.78 is 0. The molecule has 0 saturated heterocycles. The Hall–Kier alpha value is -0.700. The van der Waals surface area contributed by atoms with Gasteiger partial charge in [0.25, 0.3) is 0 Å². The van der Waals surface area contributed by atoms with E-state index in [9.17, 15) is 14.7 Å². The van der Waals surface area contributed by atoms with Crippen LogP contribution >= 0.6 is 0 Å². The lowest BCUT2D eigenvalue weighted by molar-refractivity contribution is -0.149. The van der Waals surface area contributed by atoms with Gasteiger partial charge in [0.1, 0.15) is 6.10 Å². The highest BCUT2D eigenvalue weighted by atomic mass is 16.3. The number of aliphatic hydroxyl groups excluding tert-OH is 1. The van der Waals surface area contributed by atoms with E-state index in [4.69, 9.17) is 0 Å². The first kappa shape index (κ1) is 14.4. The quantitative estimate of drug-likeness (QED) is 0.769. The van der Waals surface area contributed by atoms with Crippen LogP contribution in [0, 0.1) is 23.2 Å². The summed E-state index contributed by atoms with van der Waals surface area (Å²) in [5.41, 5.74) is -0.167. The number of rotatable bonds is 3. The van der Waals surface area contributed by atoms with Crippen LogP contribution in [0.5, 0.6) is 0 Å². The lowest BCUT2D eigenvalue weighted by atomic mass is 9.57. The van der Waals surface area contributed by atoms with Crippen LogP contribution in [-0.4, -0.2) is 22.8 Å². The van der Waals surface area contributed by atoms with Gasteiger partial charge in [-0.3, -0.25) is 9.59 Å². The largest absolute Gasteiger partial charge is 0.385 e. The summed E-state index contributed by atoms with van der Waals surface area (Å²) in [5.74, 6) is -0.632. The van der Waals surface area contributed by atoms with Crippen molar-refractivity contribution in [3.8, 4) is 0 Å². The van der Waals surface area contributed by atoms with E-state index in [-0.39, 0.29) is 23.0 Å². The summed E-state index contributed by atoms with van der Waals surface area (Å²) in [5, 5.41) is 9.27. The lowest BCUT2D eigenvalue weighted by Crippen LogP contribution is -2.47. The Morgan fingerprint density at radius 1 is 1.24 bits per heavy atom. The van der Waals surface area contributed by atoms with Gasteiger partial charge in [0.15, 0.2) is 0 Å². The third-order valence-corrected chi connectivity index (χ3v) is 4.60. The minimum Gasteiger partial charge on any atom is -0.385 e. The van der Waals surface area contributed by atoms with Gasteiger partial charge in [0.2, 0.25) is 11.6 Å².